The lowest BCUT2D eigenvalue weighted by Crippen LogP contribution is -2.78. The van der Waals surface area contributed by atoms with Crippen LogP contribution >= 0.6 is 10.2 Å². The summed E-state index contributed by atoms with van der Waals surface area (Å²) in [5.74, 6) is -99.4. The zero-order valence-corrected chi connectivity index (χ0v) is 18.3. The molecule has 0 atom stereocenters. The molecule has 0 rings (SSSR count). The van der Waals surface area contributed by atoms with Crippen LogP contribution in [0.1, 0.15) is 0 Å². The van der Waals surface area contributed by atoms with Crippen molar-refractivity contribution in [3.63, 3.8) is 0 Å². The van der Waals surface area contributed by atoms with E-state index in [0.717, 1.165) is 0 Å². The average molecular weight is 722 g/mol. The molecule has 1 N–H and O–H groups in total. The molecule has 0 aromatic heterocycles. The molecule has 0 spiro atoms. The second-order valence-corrected chi connectivity index (χ2v) is 9.99. The minimum absolute atomic E-state index is 4.73. The lowest BCUT2D eigenvalue weighted by atomic mass is 9.85. The Morgan fingerprint density at radius 2 is 0.524 bits per heavy atom. The summed E-state index contributed by atoms with van der Waals surface area (Å²) in [6.07, 6.45) is 0. The van der Waals surface area contributed by atoms with Gasteiger partial charge in [0, 0.05) is 0 Å². The maximum Gasteiger partial charge on any atom is 0.450 e. The van der Waals surface area contributed by atoms with Crippen LogP contribution in [0.2, 0.25) is 0 Å². The Morgan fingerprint density at radius 3 is 0.690 bits per heavy atom. The maximum atomic E-state index is 13.5. The molecule has 256 valence electrons. The minimum Gasteiger partial charge on any atom is -0.477 e. The number of rotatable bonds is 12. The molecule has 0 aromatic rings. The normalized spacial score (nSPS) is 18.5. The molecule has 0 aliphatic rings. The predicted molar refractivity (Wildman–Crippen MR) is 75.2 cm³/mol. The van der Waals surface area contributed by atoms with E-state index in [-0.39, 0.29) is 0 Å². The number of halogens is 27. The Labute approximate surface area is 208 Å². The van der Waals surface area contributed by atoms with E-state index < -0.39 is 80.7 Å². The van der Waals surface area contributed by atoms with Crippen molar-refractivity contribution in [3.8, 4) is 0 Å². The van der Waals surface area contributed by atoms with Crippen molar-refractivity contribution in [2.45, 2.75) is 64.5 Å². The molecule has 0 saturated heterocycles. The van der Waals surface area contributed by atoms with Crippen LogP contribution in [0, 0.1) is 0 Å². The first-order chi connectivity index (χ1) is 17.2. The monoisotopic (exact) mass is 722 g/mol. The van der Waals surface area contributed by atoms with Gasteiger partial charge in [-0.2, -0.15) is 96.6 Å². The lowest BCUT2D eigenvalue weighted by molar-refractivity contribution is -0.471. The predicted octanol–water partition coefficient (Wildman–Crippen LogP) is 9.32. The van der Waals surface area contributed by atoms with Gasteiger partial charge in [0.25, 0.3) is 0 Å². The van der Waals surface area contributed by atoms with E-state index in [1.807, 2.05) is 0 Å². The van der Waals surface area contributed by atoms with E-state index in [2.05, 4.69) is 0 Å². The molecule has 30 heteroatoms. The van der Waals surface area contributed by atoms with Gasteiger partial charge in [-0.1, -0.05) is 19.4 Å². The quantitative estimate of drug-likeness (QED) is 0.204. The molecular weight excluding hydrogens is 721 g/mol. The molecule has 0 radical (unpaired) electrons. The van der Waals surface area contributed by atoms with Crippen LogP contribution in [-0.4, -0.2) is 75.6 Å². The fourth-order valence-electron chi connectivity index (χ4n) is 2.14. The number of hydrogen-bond donors (Lipinski definition) is 1. The van der Waals surface area contributed by atoms with Crippen LogP contribution in [0.4, 0.5) is 116 Å². The Balaban J connectivity index is 7.53. The van der Waals surface area contributed by atoms with Crippen molar-refractivity contribution in [2.24, 2.45) is 0 Å². The molecule has 0 saturated carbocycles. The van der Waals surface area contributed by atoms with Gasteiger partial charge in [0.15, 0.2) is 0 Å². The maximum absolute atomic E-state index is 13.8. The zero-order chi connectivity index (χ0) is 35.5. The van der Waals surface area contributed by atoms with Crippen molar-refractivity contribution in [1.29, 1.82) is 0 Å². The van der Waals surface area contributed by atoms with Gasteiger partial charge in [-0.3, -0.25) is 0 Å². The summed E-state index contributed by atoms with van der Waals surface area (Å²) in [6.45, 7) is 0. The fourth-order valence-corrected chi connectivity index (χ4v) is 2.75. The van der Waals surface area contributed by atoms with Gasteiger partial charge in [0.1, 0.15) is 0 Å². The van der Waals surface area contributed by atoms with E-state index >= 15 is 0 Å². The molecular formula is C12HF27O2S. The van der Waals surface area contributed by atoms with E-state index in [1.54, 1.807) is 0 Å². The molecule has 0 bridgehead atoms. The lowest BCUT2D eigenvalue weighted by Gasteiger charge is -2.51. The number of hydrogen-bond acceptors (Lipinski definition) is 1. The highest BCUT2D eigenvalue weighted by Crippen LogP contribution is 3.06. The smallest absolute Gasteiger partial charge is 0.450 e. The highest BCUT2D eigenvalue weighted by atomic mass is 32.5. The van der Waals surface area contributed by atoms with Gasteiger partial charge in [-0.05, 0) is 0 Å². The third-order valence-corrected chi connectivity index (χ3v) is 5.89. The van der Waals surface area contributed by atoms with Gasteiger partial charge in [0.05, 0.1) is 0 Å². The van der Waals surface area contributed by atoms with Gasteiger partial charge in [-0.25, -0.2) is 4.79 Å². The zero-order valence-electron chi connectivity index (χ0n) is 17.5. The van der Waals surface area contributed by atoms with E-state index in [1.165, 1.54) is 0 Å². The Morgan fingerprint density at radius 1 is 0.357 bits per heavy atom. The number of carbonyl (C=O) groups is 1. The average Bonchev–Trinajstić information content (AvgIpc) is 2.69. The molecule has 0 aliphatic heterocycles. The molecule has 0 fully saturated rings. The van der Waals surface area contributed by atoms with Crippen molar-refractivity contribution in [1.82, 2.24) is 0 Å². The number of alkyl halides is 22. The number of carboxylic acid groups (broad SMARTS) is 1. The molecule has 2 nitrogen and oxygen atoms in total. The Kier molecular flexibility index (Phi) is 7.93. The molecule has 0 aromatic carbocycles. The van der Waals surface area contributed by atoms with Crippen molar-refractivity contribution >= 4 is 16.2 Å². The Bertz CT molecular complexity index is 1080. The van der Waals surface area contributed by atoms with Gasteiger partial charge < -0.3 is 5.11 Å². The van der Waals surface area contributed by atoms with Gasteiger partial charge in [-0.15, -0.1) is 0 Å². The summed E-state index contributed by atoms with van der Waals surface area (Å²) in [5.41, 5.74) is 0. The SMILES string of the molecule is O=C(O)C(F)(F)C(F)(F)C(F)(F)C(F)(F)C(F)(F)C(F)(F)C(F)(F)C(F)(F)C(F)(F)C(F)(F)C(F)(F)S(F)(F)(F)(F)F. The summed E-state index contributed by atoms with van der Waals surface area (Å²) in [5, 5.41) is -2.41. The van der Waals surface area contributed by atoms with Crippen LogP contribution in [0.25, 0.3) is 0 Å². The third kappa shape index (κ3) is 4.36. The standard InChI is InChI=1S/C12HF27O2S/c13-2(14,1(40)41)3(15,16)4(17,18)5(19,20)6(21,22)7(23,24)8(25,26)9(27,28)10(29,30)11(31,32)12(33,34)42(35,36,37,38)39/h(H,40,41). The Hall–Kier alpha value is -2.07. The first-order valence-electron chi connectivity index (χ1n) is 8.31. The van der Waals surface area contributed by atoms with E-state index in [4.69, 9.17) is 5.11 Å². The third-order valence-electron chi connectivity index (χ3n) is 4.67. The molecule has 0 unspecified atom stereocenters. The van der Waals surface area contributed by atoms with Crippen LogP contribution in [-0.2, 0) is 4.79 Å². The van der Waals surface area contributed by atoms with Crippen LogP contribution < -0.4 is 0 Å². The summed E-state index contributed by atoms with van der Waals surface area (Å²) in [6, 6.07) is 0. The molecule has 0 heterocycles. The highest BCUT2D eigenvalue weighted by molar-refractivity contribution is 8.46. The molecule has 0 amide bonds. The summed E-state index contributed by atoms with van der Waals surface area (Å²) >= 11 is 0. The summed E-state index contributed by atoms with van der Waals surface area (Å²) < 4.78 is 351. The minimum atomic E-state index is -13.8. The second-order valence-electron chi connectivity index (χ2n) is 7.53. The fraction of sp³-hybridized carbons (Fsp3) is 0.917. The largest absolute Gasteiger partial charge is 0.477 e. The first-order valence-corrected chi connectivity index (χ1v) is 10.3. The number of aliphatic carboxylic acids is 1. The summed E-state index contributed by atoms with van der Waals surface area (Å²) in [7, 11) is -13.8. The van der Waals surface area contributed by atoms with E-state index in [9.17, 15) is 121 Å². The van der Waals surface area contributed by atoms with Crippen LogP contribution in [0.15, 0.2) is 0 Å². The van der Waals surface area contributed by atoms with Crippen molar-refractivity contribution in [3.05, 3.63) is 0 Å². The van der Waals surface area contributed by atoms with Gasteiger partial charge in [0.2, 0.25) is 0 Å². The summed E-state index contributed by atoms with van der Waals surface area (Å²) in [4.78, 5) is 9.87. The van der Waals surface area contributed by atoms with Crippen LogP contribution in [0.3, 0.4) is 0 Å². The molecule has 42 heavy (non-hydrogen) atoms. The van der Waals surface area contributed by atoms with Crippen molar-refractivity contribution < 1.29 is 126 Å². The highest BCUT2D eigenvalue weighted by Gasteiger charge is 3.03. The van der Waals surface area contributed by atoms with Crippen LogP contribution in [0.5, 0.6) is 0 Å². The van der Waals surface area contributed by atoms with E-state index in [0.29, 0.717) is 0 Å². The van der Waals surface area contributed by atoms with Crippen molar-refractivity contribution in [2.75, 3.05) is 0 Å². The van der Waals surface area contributed by atoms with Gasteiger partial charge >= 0.3 is 80.7 Å². The second kappa shape index (κ2) is 8.34. The molecule has 0 aliphatic carbocycles. The first kappa shape index (κ1) is 39.9. The topological polar surface area (TPSA) is 37.3 Å². The number of carboxylic acids is 1.